The van der Waals surface area contributed by atoms with Crippen molar-refractivity contribution in [2.45, 2.75) is 17.9 Å². The van der Waals surface area contributed by atoms with Gasteiger partial charge in [-0.25, -0.2) is 8.42 Å². The predicted octanol–water partition coefficient (Wildman–Crippen LogP) is 3.08. The van der Waals surface area contributed by atoms with Crippen molar-refractivity contribution in [3.63, 3.8) is 0 Å². The molecular formula is C21H22N2O5S2. The fourth-order valence-corrected chi connectivity index (χ4v) is 6.36. The lowest BCUT2D eigenvalue weighted by molar-refractivity contribution is -0.00188. The Bertz CT molecular complexity index is 1220. The Morgan fingerprint density at radius 3 is 2.73 bits per heavy atom. The Kier molecular flexibility index (Phi) is 5.54. The maximum absolute atomic E-state index is 13.3. The molecule has 1 aromatic heterocycles. The molecule has 3 aromatic rings. The third-order valence-corrected chi connectivity index (χ3v) is 8.28. The number of primary amides is 1. The van der Waals surface area contributed by atoms with Gasteiger partial charge in [-0.15, -0.1) is 11.3 Å². The first-order valence-electron chi connectivity index (χ1n) is 9.40. The molecule has 0 aliphatic carbocycles. The average Bonchev–Trinajstić information content (AvgIpc) is 3.14. The number of morpholine rings is 1. The van der Waals surface area contributed by atoms with Crippen molar-refractivity contribution in [1.82, 2.24) is 4.31 Å². The van der Waals surface area contributed by atoms with E-state index >= 15 is 0 Å². The molecule has 2 heterocycles. The second-order valence-electron chi connectivity index (χ2n) is 7.06. The van der Waals surface area contributed by atoms with Gasteiger partial charge < -0.3 is 15.2 Å². The van der Waals surface area contributed by atoms with E-state index in [1.54, 1.807) is 32.2 Å². The number of hydrogen-bond donors (Lipinski definition) is 1. The lowest BCUT2D eigenvalue weighted by Crippen LogP contribution is -2.42. The number of amides is 1. The molecule has 0 bridgehead atoms. The molecule has 0 saturated carbocycles. The molecule has 1 atom stereocenters. The number of methoxy groups -OCH3 is 1. The number of ether oxygens (including phenoxy) is 2. The van der Waals surface area contributed by atoms with Crippen LogP contribution in [0.4, 0.5) is 0 Å². The highest BCUT2D eigenvalue weighted by molar-refractivity contribution is 7.89. The van der Waals surface area contributed by atoms with E-state index in [2.05, 4.69) is 0 Å². The van der Waals surface area contributed by atoms with Crippen molar-refractivity contribution in [1.29, 1.82) is 0 Å². The molecule has 158 valence electrons. The number of thiophene rings is 1. The SMILES string of the molecule is COc1ccc(S(=O)(=O)N2CCOC(c3c(C(N)=O)sc4ccccc34)C2)cc1C. The van der Waals surface area contributed by atoms with Gasteiger partial charge in [0.05, 0.1) is 29.6 Å². The molecule has 0 radical (unpaired) electrons. The minimum absolute atomic E-state index is 0.106. The molecule has 1 amide bonds. The Hall–Kier alpha value is -2.46. The predicted molar refractivity (Wildman–Crippen MR) is 116 cm³/mol. The highest BCUT2D eigenvalue weighted by Gasteiger charge is 2.34. The number of hydrogen-bond acceptors (Lipinski definition) is 6. The van der Waals surface area contributed by atoms with Gasteiger partial charge in [-0.1, -0.05) is 18.2 Å². The van der Waals surface area contributed by atoms with Crippen LogP contribution in [-0.2, 0) is 14.8 Å². The molecule has 2 N–H and O–H groups in total. The smallest absolute Gasteiger partial charge is 0.259 e. The van der Waals surface area contributed by atoms with Gasteiger partial charge in [-0.05, 0) is 42.1 Å². The molecule has 1 aliphatic rings. The van der Waals surface area contributed by atoms with Gasteiger partial charge >= 0.3 is 0 Å². The van der Waals surface area contributed by atoms with Gasteiger partial charge in [0, 0.05) is 23.4 Å². The van der Waals surface area contributed by atoms with Crippen LogP contribution in [0, 0.1) is 6.92 Å². The van der Waals surface area contributed by atoms with Crippen LogP contribution >= 0.6 is 11.3 Å². The summed E-state index contributed by atoms with van der Waals surface area (Å²) in [4.78, 5) is 12.7. The third-order valence-electron chi connectivity index (χ3n) is 5.21. The maximum Gasteiger partial charge on any atom is 0.259 e. The van der Waals surface area contributed by atoms with E-state index in [9.17, 15) is 13.2 Å². The van der Waals surface area contributed by atoms with Crippen LogP contribution < -0.4 is 10.5 Å². The average molecular weight is 447 g/mol. The van der Waals surface area contributed by atoms with Gasteiger partial charge in [0.25, 0.3) is 5.91 Å². The van der Waals surface area contributed by atoms with Crippen molar-refractivity contribution in [2.75, 3.05) is 26.8 Å². The summed E-state index contributed by atoms with van der Waals surface area (Å²) in [6.07, 6.45) is -0.577. The number of sulfonamides is 1. The highest BCUT2D eigenvalue weighted by Crippen LogP contribution is 2.38. The third kappa shape index (κ3) is 3.58. The van der Waals surface area contributed by atoms with Gasteiger partial charge in [-0.3, -0.25) is 4.79 Å². The van der Waals surface area contributed by atoms with Gasteiger partial charge in [0.2, 0.25) is 10.0 Å². The van der Waals surface area contributed by atoms with E-state index in [0.717, 1.165) is 15.6 Å². The number of nitrogens with zero attached hydrogens (tertiary/aromatic N) is 1. The zero-order chi connectivity index (χ0) is 21.5. The standard InChI is InChI=1S/C21H22N2O5S2/c1-13-11-14(7-8-16(13)27-2)30(25,26)23-9-10-28-17(12-23)19-15-5-3-4-6-18(15)29-20(19)21(22)24/h3-8,11,17H,9-10,12H2,1-2H3,(H2,22,24). The van der Waals surface area contributed by atoms with E-state index < -0.39 is 22.0 Å². The van der Waals surface area contributed by atoms with E-state index in [-0.39, 0.29) is 24.6 Å². The van der Waals surface area contributed by atoms with Crippen molar-refractivity contribution in [2.24, 2.45) is 5.73 Å². The van der Waals surface area contributed by atoms with Crippen molar-refractivity contribution in [3.8, 4) is 5.75 Å². The first kappa shape index (κ1) is 20.8. The lowest BCUT2D eigenvalue weighted by Gasteiger charge is -2.32. The van der Waals surface area contributed by atoms with Gasteiger partial charge in [0.15, 0.2) is 0 Å². The molecule has 1 saturated heterocycles. The Morgan fingerprint density at radius 2 is 2.03 bits per heavy atom. The number of nitrogens with two attached hydrogens (primary N) is 1. The van der Waals surface area contributed by atoms with Crippen molar-refractivity contribution >= 4 is 37.4 Å². The summed E-state index contributed by atoms with van der Waals surface area (Å²) >= 11 is 1.30. The summed E-state index contributed by atoms with van der Waals surface area (Å²) in [5.74, 6) is 0.0882. The number of rotatable bonds is 5. The molecular weight excluding hydrogens is 424 g/mol. The van der Waals surface area contributed by atoms with Gasteiger partial charge in [-0.2, -0.15) is 4.31 Å². The normalized spacial score (nSPS) is 17.9. The number of carbonyl (C=O) groups is 1. The van der Waals surface area contributed by atoms with Crippen LogP contribution in [0.3, 0.4) is 0 Å². The summed E-state index contributed by atoms with van der Waals surface area (Å²) in [6.45, 7) is 2.37. The molecule has 2 aromatic carbocycles. The van der Waals surface area contributed by atoms with Crippen LogP contribution in [0.25, 0.3) is 10.1 Å². The Morgan fingerprint density at radius 1 is 1.27 bits per heavy atom. The van der Waals surface area contributed by atoms with E-state index in [1.165, 1.54) is 15.6 Å². The first-order valence-corrected chi connectivity index (χ1v) is 11.7. The van der Waals surface area contributed by atoms with Crippen LogP contribution in [0.2, 0.25) is 0 Å². The fraction of sp³-hybridized carbons (Fsp3) is 0.286. The minimum Gasteiger partial charge on any atom is -0.496 e. The largest absolute Gasteiger partial charge is 0.496 e. The molecule has 1 fully saturated rings. The highest BCUT2D eigenvalue weighted by atomic mass is 32.2. The van der Waals surface area contributed by atoms with Crippen molar-refractivity contribution in [3.05, 3.63) is 58.5 Å². The quantitative estimate of drug-likeness (QED) is 0.649. The van der Waals surface area contributed by atoms with Crippen LogP contribution in [0.15, 0.2) is 47.4 Å². The number of aryl methyl sites for hydroxylation is 1. The van der Waals surface area contributed by atoms with Crippen LogP contribution in [0.5, 0.6) is 5.75 Å². The summed E-state index contributed by atoms with van der Waals surface area (Å²) < 4.78 is 40.0. The molecule has 4 rings (SSSR count). The molecule has 1 aliphatic heterocycles. The number of carbonyl (C=O) groups excluding carboxylic acids is 1. The minimum atomic E-state index is -3.73. The second-order valence-corrected chi connectivity index (χ2v) is 10.0. The lowest BCUT2D eigenvalue weighted by atomic mass is 10.0. The van der Waals surface area contributed by atoms with E-state index in [0.29, 0.717) is 16.2 Å². The first-order chi connectivity index (χ1) is 14.3. The second kappa shape index (κ2) is 7.99. The van der Waals surface area contributed by atoms with Crippen LogP contribution in [-0.4, -0.2) is 45.4 Å². The summed E-state index contributed by atoms with van der Waals surface area (Å²) in [7, 11) is -2.19. The zero-order valence-electron chi connectivity index (χ0n) is 16.6. The monoisotopic (exact) mass is 446 g/mol. The molecule has 0 spiro atoms. The molecule has 1 unspecified atom stereocenters. The number of benzene rings is 2. The Balaban J connectivity index is 1.71. The van der Waals surface area contributed by atoms with Crippen LogP contribution in [0.1, 0.15) is 26.9 Å². The topological polar surface area (TPSA) is 98.9 Å². The summed E-state index contributed by atoms with van der Waals surface area (Å²) in [5.41, 5.74) is 7.01. The van der Waals surface area contributed by atoms with E-state index in [1.807, 2.05) is 24.3 Å². The van der Waals surface area contributed by atoms with Gasteiger partial charge in [0.1, 0.15) is 5.75 Å². The number of fused-ring (bicyclic) bond motifs is 1. The summed E-state index contributed by atoms with van der Waals surface area (Å²) in [5, 5.41) is 0.862. The Labute approximate surface area is 179 Å². The van der Waals surface area contributed by atoms with Crippen molar-refractivity contribution < 1.29 is 22.7 Å². The zero-order valence-corrected chi connectivity index (χ0v) is 18.3. The molecule has 7 nitrogen and oxygen atoms in total. The van der Waals surface area contributed by atoms with E-state index in [4.69, 9.17) is 15.2 Å². The maximum atomic E-state index is 13.3. The molecule has 9 heteroatoms. The summed E-state index contributed by atoms with van der Waals surface area (Å²) in [6, 6.07) is 12.4. The fourth-order valence-electron chi connectivity index (χ4n) is 3.75. The molecule has 30 heavy (non-hydrogen) atoms.